The Labute approximate surface area is 147 Å². The van der Waals surface area contributed by atoms with Gasteiger partial charge in [0.15, 0.2) is 0 Å². The average molecular weight is 328 g/mol. The third kappa shape index (κ3) is 2.13. The normalized spacial score (nSPS) is 15.3. The highest BCUT2D eigenvalue weighted by Crippen LogP contribution is 2.47. The van der Waals surface area contributed by atoms with Crippen LogP contribution < -0.4 is 5.84 Å². The van der Waals surface area contributed by atoms with E-state index in [2.05, 4.69) is 62.4 Å². The molecule has 0 atom stereocenters. The van der Waals surface area contributed by atoms with Crippen molar-refractivity contribution in [2.75, 3.05) is 0 Å². The lowest BCUT2D eigenvalue weighted by Gasteiger charge is -2.37. The largest absolute Gasteiger partial charge is 0.269 e. The van der Waals surface area contributed by atoms with Crippen LogP contribution >= 0.6 is 0 Å². The topological polar surface area (TPSA) is 46.3 Å². The molecule has 3 heteroatoms. The fourth-order valence-corrected chi connectivity index (χ4v) is 3.74. The Bertz CT molecular complexity index is 897. The van der Waals surface area contributed by atoms with Crippen LogP contribution in [0.4, 0.5) is 0 Å². The average Bonchev–Trinajstić information content (AvgIpc) is 2.86. The Hall–Kier alpha value is -2.91. The third-order valence-corrected chi connectivity index (χ3v) is 5.07. The molecule has 0 radical (unpaired) electrons. The highest BCUT2D eigenvalue weighted by Gasteiger charge is 2.51. The maximum atomic E-state index is 12.9. The molecule has 0 saturated carbocycles. The van der Waals surface area contributed by atoms with Crippen molar-refractivity contribution in [1.29, 1.82) is 0 Å². The number of fused-ring (bicyclic) bond motifs is 1. The molecule has 0 fully saturated rings. The SMILES string of the molecule is Cc1ccc(C2(c3ccc(C)cc3)c3ccccc3C(=O)N2N)cc1. The van der Waals surface area contributed by atoms with E-state index in [0.717, 1.165) is 16.7 Å². The zero-order valence-electron chi connectivity index (χ0n) is 14.4. The first-order chi connectivity index (χ1) is 12.0. The molecule has 1 aliphatic heterocycles. The van der Waals surface area contributed by atoms with Gasteiger partial charge in [-0.05, 0) is 31.0 Å². The standard InChI is InChI=1S/C22H20N2O/c1-15-7-11-17(12-8-15)22(18-13-9-16(2)10-14-18)20-6-4-3-5-19(20)21(25)24(22)23/h3-14H,23H2,1-2H3. The summed E-state index contributed by atoms with van der Waals surface area (Å²) in [7, 11) is 0. The van der Waals surface area contributed by atoms with Crippen LogP contribution in [0, 0.1) is 13.8 Å². The summed E-state index contributed by atoms with van der Waals surface area (Å²) in [6.45, 7) is 4.10. The molecule has 0 aliphatic carbocycles. The molecule has 0 saturated heterocycles. The van der Waals surface area contributed by atoms with Gasteiger partial charge in [-0.1, -0.05) is 77.9 Å². The summed E-state index contributed by atoms with van der Waals surface area (Å²) in [5.74, 6) is 6.28. The van der Waals surface area contributed by atoms with E-state index in [9.17, 15) is 4.79 Å². The maximum Gasteiger partial charge on any atom is 0.269 e. The molecular formula is C22H20N2O. The summed E-state index contributed by atoms with van der Waals surface area (Å²) in [6, 6.07) is 24.2. The lowest BCUT2D eigenvalue weighted by Crippen LogP contribution is -2.50. The lowest BCUT2D eigenvalue weighted by molar-refractivity contribution is 0.0677. The van der Waals surface area contributed by atoms with Gasteiger partial charge in [0.2, 0.25) is 0 Å². The number of hydrazine groups is 1. The highest BCUT2D eigenvalue weighted by molar-refractivity contribution is 6.01. The van der Waals surface area contributed by atoms with Crippen molar-refractivity contribution in [2.24, 2.45) is 5.84 Å². The number of amides is 1. The molecule has 4 rings (SSSR count). The molecule has 3 nitrogen and oxygen atoms in total. The van der Waals surface area contributed by atoms with Crippen LogP contribution in [0.15, 0.2) is 72.8 Å². The van der Waals surface area contributed by atoms with Gasteiger partial charge in [0.25, 0.3) is 5.91 Å². The van der Waals surface area contributed by atoms with Crippen molar-refractivity contribution in [3.63, 3.8) is 0 Å². The first kappa shape index (κ1) is 15.6. The summed E-state index contributed by atoms with van der Waals surface area (Å²) in [5.41, 5.74) is 5.09. The number of benzene rings is 3. The molecule has 0 aromatic heterocycles. The Kier molecular flexibility index (Phi) is 3.48. The van der Waals surface area contributed by atoms with Crippen LogP contribution in [0.1, 0.15) is 38.2 Å². The molecule has 1 heterocycles. The van der Waals surface area contributed by atoms with E-state index >= 15 is 0 Å². The monoisotopic (exact) mass is 328 g/mol. The van der Waals surface area contributed by atoms with Gasteiger partial charge in [-0.3, -0.25) is 9.80 Å². The van der Waals surface area contributed by atoms with Crippen LogP contribution in [-0.2, 0) is 5.54 Å². The molecule has 0 unspecified atom stereocenters. The highest BCUT2D eigenvalue weighted by atomic mass is 16.2. The quantitative estimate of drug-likeness (QED) is 0.572. The molecule has 25 heavy (non-hydrogen) atoms. The van der Waals surface area contributed by atoms with Crippen LogP contribution in [0.25, 0.3) is 0 Å². The predicted molar refractivity (Wildman–Crippen MR) is 99.0 cm³/mol. The molecule has 0 bridgehead atoms. The molecule has 3 aromatic rings. The van der Waals surface area contributed by atoms with Crippen molar-refractivity contribution in [1.82, 2.24) is 5.01 Å². The minimum atomic E-state index is -0.810. The maximum absolute atomic E-state index is 12.9. The number of rotatable bonds is 2. The van der Waals surface area contributed by atoms with Crippen molar-refractivity contribution >= 4 is 5.91 Å². The van der Waals surface area contributed by atoms with E-state index in [1.807, 2.05) is 24.3 Å². The van der Waals surface area contributed by atoms with Gasteiger partial charge in [-0.15, -0.1) is 0 Å². The van der Waals surface area contributed by atoms with E-state index in [4.69, 9.17) is 5.84 Å². The summed E-state index contributed by atoms with van der Waals surface area (Å²) in [4.78, 5) is 12.9. The fourth-order valence-electron chi connectivity index (χ4n) is 3.74. The number of nitrogens with zero attached hydrogens (tertiary/aromatic N) is 1. The van der Waals surface area contributed by atoms with Crippen molar-refractivity contribution < 1.29 is 4.79 Å². The number of hydrogen-bond acceptors (Lipinski definition) is 2. The van der Waals surface area contributed by atoms with Gasteiger partial charge < -0.3 is 0 Å². The number of carbonyl (C=O) groups excluding carboxylic acids is 1. The van der Waals surface area contributed by atoms with Crippen LogP contribution in [0.5, 0.6) is 0 Å². The number of carbonyl (C=O) groups is 1. The van der Waals surface area contributed by atoms with Crippen LogP contribution in [-0.4, -0.2) is 10.9 Å². The number of hydrogen-bond donors (Lipinski definition) is 1. The van der Waals surface area contributed by atoms with Gasteiger partial charge in [-0.2, -0.15) is 0 Å². The van der Waals surface area contributed by atoms with Gasteiger partial charge in [0.05, 0.1) is 0 Å². The van der Waals surface area contributed by atoms with Gasteiger partial charge >= 0.3 is 0 Å². The van der Waals surface area contributed by atoms with E-state index < -0.39 is 5.54 Å². The smallest absolute Gasteiger partial charge is 0.268 e. The first-order valence-corrected chi connectivity index (χ1v) is 8.38. The van der Waals surface area contributed by atoms with Crippen molar-refractivity contribution in [3.05, 3.63) is 106 Å². The summed E-state index contributed by atoms with van der Waals surface area (Å²) < 4.78 is 0. The number of nitrogens with two attached hydrogens (primary N) is 1. The Morgan fingerprint density at radius 2 is 1.24 bits per heavy atom. The van der Waals surface area contributed by atoms with Gasteiger partial charge in [0.1, 0.15) is 5.54 Å². The lowest BCUT2D eigenvalue weighted by atomic mass is 9.77. The second-order valence-corrected chi connectivity index (χ2v) is 6.66. The molecule has 1 amide bonds. The first-order valence-electron chi connectivity index (χ1n) is 8.38. The molecular weight excluding hydrogens is 308 g/mol. The Morgan fingerprint density at radius 1 is 0.760 bits per heavy atom. The van der Waals surface area contributed by atoms with Crippen molar-refractivity contribution in [2.45, 2.75) is 19.4 Å². The van der Waals surface area contributed by atoms with Gasteiger partial charge in [-0.25, -0.2) is 5.84 Å². The predicted octanol–water partition coefficient (Wildman–Crippen LogP) is 3.92. The Balaban J connectivity index is 2.08. The van der Waals surface area contributed by atoms with Gasteiger partial charge in [0, 0.05) is 11.1 Å². The fraction of sp³-hybridized carbons (Fsp3) is 0.136. The Morgan fingerprint density at radius 3 is 1.76 bits per heavy atom. The minimum absolute atomic E-state index is 0.156. The van der Waals surface area contributed by atoms with E-state index in [1.165, 1.54) is 16.1 Å². The molecule has 124 valence electrons. The van der Waals surface area contributed by atoms with Crippen LogP contribution in [0.2, 0.25) is 0 Å². The third-order valence-electron chi connectivity index (χ3n) is 5.07. The minimum Gasteiger partial charge on any atom is -0.268 e. The van der Waals surface area contributed by atoms with Crippen LogP contribution in [0.3, 0.4) is 0 Å². The second-order valence-electron chi connectivity index (χ2n) is 6.66. The summed E-state index contributed by atoms with van der Waals surface area (Å²) in [6.07, 6.45) is 0. The van der Waals surface area contributed by atoms with E-state index in [1.54, 1.807) is 0 Å². The van der Waals surface area contributed by atoms with E-state index in [0.29, 0.717) is 5.56 Å². The zero-order valence-corrected chi connectivity index (χ0v) is 14.4. The second kappa shape index (κ2) is 5.57. The number of aryl methyl sites for hydroxylation is 2. The summed E-state index contributed by atoms with van der Waals surface area (Å²) in [5, 5.41) is 1.38. The molecule has 0 spiro atoms. The molecule has 2 N–H and O–H groups in total. The van der Waals surface area contributed by atoms with Crippen molar-refractivity contribution in [3.8, 4) is 0 Å². The zero-order chi connectivity index (χ0) is 17.6. The van der Waals surface area contributed by atoms with E-state index in [-0.39, 0.29) is 5.91 Å². The molecule has 3 aromatic carbocycles. The summed E-state index contributed by atoms with van der Waals surface area (Å²) >= 11 is 0. The molecule has 1 aliphatic rings.